The zero-order valence-electron chi connectivity index (χ0n) is 15.2. The van der Waals surface area contributed by atoms with Crippen molar-refractivity contribution in [3.05, 3.63) is 29.8 Å². The van der Waals surface area contributed by atoms with Gasteiger partial charge in [-0.1, -0.05) is 18.6 Å². The Hall–Kier alpha value is -2.04. The largest absolute Gasteiger partial charge is 0.497 e. The van der Waals surface area contributed by atoms with E-state index in [1.165, 1.54) is 5.56 Å². The Morgan fingerprint density at radius 1 is 1.28 bits per heavy atom. The molecule has 0 radical (unpaired) electrons. The second kappa shape index (κ2) is 7.89. The van der Waals surface area contributed by atoms with Crippen molar-refractivity contribution in [1.82, 2.24) is 10.2 Å². The number of carbonyl (C=O) groups excluding carboxylic acids is 2. The lowest BCUT2D eigenvalue weighted by molar-refractivity contribution is -0.138. The Labute approximate surface area is 149 Å². The van der Waals surface area contributed by atoms with Gasteiger partial charge in [0.25, 0.3) is 0 Å². The number of methoxy groups -OCH3 is 1. The minimum absolute atomic E-state index is 0.0376. The minimum atomic E-state index is -0.445. The second-order valence-electron chi connectivity index (χ2n) is 7.24. The van der Waals surface area contributed by atoms with Crippen molar-refractivity contribution in [3.8, 4) is 5.75 Å². The maximum Gasteiger partial charge on any atom is 0.245 e. The SMILES string of the molecule is COc1cccc(C[C@H]2CCCN2C(=O)[C@@H](C)NC(=O)C2CCC2)c1. The van der Waals surface area contributed by atoms with E-state index in [0.717, 1.165) is 50.8 Å². The van der Waals surface area contributed by atoms with E-state index in [4.69, 9.17) is 4.74 Å². The third kappa shape index (κ3) is 4.14. The van der Waals surface area contributed by atoms with Crippen molar-refractivity contribution in [1.29, 1.82) is 0 Å². The van der Waals surface area contributed by atoms with Crippen LogP contribution in [0.2, 0.25) is 0 Å². The van der Waals surface area contributed by atoms with Crippen LogP contribution in [0.4, 0.5) is 0 Å². The molecule has 5 nitrogen and oxygen atoms in total. The number of hydrogen-bond donors (Lipinski definition) is 1. The molecule has 0 unspecified atom stereocenters. The molecular weight excluding hydrogens is 316 g/mol. The van der Waals surface area contributed by atoms with Crippen LogP contribution in [0.5, 0.6) is 5.75 Å². The van der Waals surface area contributed by atoms with Gasteiger partial charge in [-0.05, 0) is 56.7 Å². The Bertz CT molecular complexity index is 627. The Kier molecular flexibility index (Phi) is 5.61. The van der Waals surface area contributed by atoms with E-state index in [1.54, 1.807) is 14.0 Å². The highest BCUT2D eigenvalue weighted by Gasteiger charge is 2.33. The molecule has 0 spiro atoms. The topological polar surface area (TPSA) is 58.6 Å². The maximum atomic E-state index is 12.8. The number of hydrogen-bond acceptors (Lipinski definition) is 3. The van der Waals surface area contributed by atoms with Crippen molar-refractivity contribution in [3.63, 3.8) is 0 Å². The number of rotatable bonds is 6. The quantitative estimate of drug-likeness (QED) is 0.863. The fraction of sp³-hybridized carbons (Fsp3) is 0.600. The van der Waals surface area contributed by atoms with E-state index in [0.29, 0.717) is 0 Å². The molecule has 1 saturated heterocycles. The van der Waals surface area contributed by atoms with Gasteiger partial charge in [0.05, 0.1) is 7.11 Å². The molecule has 2 fully saturated rings. The van der Waals surface area contributed by atoms with Crippen LogP contribution < -0.4 is 10.1 Å². The zero-order valence-corrected chi connectivity index (χ0v) is 15.2. The molecule has 1 aromatic rings. The summed E-state index contributed by atoms with van der Waals surface area (Å²) in [5, 5.41) is 2.91. The Morgan fingerprint density at radius 2 is 2.08 bits per heavy atom. The Morgan fingerprint density at radius 3 is 2.76 bits per heavy atom. The van der Waals surface area contributed by atoms with Crippen LogP contribution in [-0.4, -0.2) is 42.5 Å². The molecule has 136 valence electrons. The monoisotopic (exact) mass is 344 g/mol. The predicted octanol–water partition coefficient (Wildman–Crippen LogP) is 2.53. The highest BCUT2D eigenvalue weighted by atomic mass is 16.5. The normalized spacial score (nSPS) is 21.5. The van der Waals surface area contributed by atoms with Crippen LogP contribution in [-0.2, 0) is 16.0 Å². The van der Waals surface area contributed by atoms with Crippen LogP contribution in [0.1, 0.15) is 44.6 Å². The van der Waals surface area contributed by atoms with Gasteiger partial charge in [-0.3, -0.25) is 9.59 Å². The summed E-state index contributed by atoms with van der Waals surface area (Å²) < 4.78 is 5.29. The van der Waals surface area contributed by atoms with Gasteiger partial charge < -0.3 is 15.0 Å². The molecule has 1 aliphatic carbocycles. The maximum absolute atomic E-state index is 12.8. The van der Waals surface area contributed by atoms with Crippen molar-refractivity contribution < 1.29 is 14.3 Å². The summed E-state index contributed by atoms with van der Waals surface area (Å²) in [6.07, 6.45) is 5.88. The summed E-state index contributed by atoms with van der Waals surface area (Å²) in [7, 11) is 1.66. The van der Waals surface area contributed by atoms with Gasteiger partial charge in [-0.2, -0.15) is 0 Å². The van der Waals surface area contributed by atoms with Crippen molar-refractivity contribution in [2.45, 2.75) is 57.5 Å². The summed E-state index contributed by atoms with van der Waals surface area (Å²) in [5.41, 5.74) is 1.18. The number of nitrogens with zero attached hydrogens (tertiary/aromatic N) is 1. The van der Waals surface area contributed by atoms with Crippen molar-refractivity contribution >= 4 is 11.8 Å². The number of ether oxygens (including phenoxy) is 1. The molecule has 0 aromatic heterocycles. The van der Waals surface area contributed by atoms with Gasteiger partial charge in [0.1, 0.15) is 11.8 Å². The lowest BCUT2D eigenvalue weighted by Gasteiger charge is -2.30. The summed E-state index contributed by atoms with van der Waals surface area (Å²) in [6, 6.07) is 7.77. The van der Waals surface area contributed by atoms with Crippen molar-refractivity contribution in [2.24, 2.45) is 5.92 Å². The van der Waals surface area contributed by atoms with Gasteiger partial charge >= 0.3 is 0 Å². The van der Waals surface area contributed by atoms with Gasteiger partial charge in [0.15, 0.2) is 0 Å². The van der Waals surface area contributed by atoms with Crippen LogP contribution in [0.3, 0.4) is 0 Å². The highest BCUT2D eigenvalue weighted by molar-refractivity contribution is 5.88. The molecule has 1 aliphatic heterocycles. The first-order valence-corrected chi connectivity index (χ1v) is 9.32. The predicted molar refractivity (Wildman–Crippen MR) is 96.4 cm³/mol. The van der Waals surface area contributed by atoms with E-state index in [-0.39, 0.29) is 23.8 Å². The van der Waals surface area contributed by atoms with Crippen LogP contribution >= 0.6 is 0 Å². The smallest absolute Gasteiger partial charge is 0.245 e. The van der Waals surface area contributed by atoms with Crippen molar-refractivity contribution in [2.75, 3.05) is 13.7 Å². The fourth-order valence-electron chi connectivity index (χ4n) is 3.72. The summed E-state index contributed by atoms with van der Waals surface area (Å²) >= 11 is 0. The first kappa shape index (κ1) is 17.8. The van der Waals surface area contributed by atoms with Crippen LogP contribution in [0, 0.1) is 5.92 Å². The number of carbonyl (C=O) groups is 2. The molecule has 5 heteroatoms. The number of nitrogens with one attached hydrogen (secondary N) is 1. The highest BCUT2D eigenvalue weighted by Crippen LogP contribution is 2.27. The standard InChI is InChI=1S/C20H28N2O3/c1-14(21-19(23)16-7-4-8-16)20(24)22-11-5-9-17(22)12-15-6-3-10-18(13-15)25-2/h3,6,10,13-14,16-17H,4-5,7-9,11-12H2,1-2H3,(H,21,23)/t14-,17-/m1/s1. The van der Waals surface area contributed by atoms with Crippen LogP contribution in [0.15, 0.2) is 24.3 Å². The molecule has 1 heterocycles. The minimum Gasteiger partial charge on any atom is -0.497 e. The Balaban J connectivity index is 1.59. The van der Waals surface area contributed by atoms with Gasteiger partial charge in [-0.15, -0.1) is 0 Å². The molecule has 3 rings (SSSR count). The molecule has 2 aliphatic rings. The molecule has 2 amide bonds. The second-order valence-corrected chi connectivity index (χ2v) is 7.24. The van der Waals surface area contributed by atoms with E-state index >= 15 is 0 Å². The molecular formula is C20H28N2O3. The van der Waals surface area contributed by atoms with E-state index in [2.05, 4.69) is 11.4 Å². The average molecular weight is 344 g/mol. The molecule has 1 saturated carbocycles. The fourth-order valence-corrected chi connectivity index (χ4v) is 3.72. The lowest BCUT2D eigenvalue weighted by Crippen LogP contribution is -2.50. The lowest BCUT2D eigenvalue weighted by atomic mass is 9.84. The average Bonchev–Trinajstić information content (AvgIpc) is 3.00. The molecule has 0 bridgehead atoms. The molecule has 1 aromatic carbocycles. The van der Waals surface area contributed by atoms with Gasteiger partial charge in [-0.25, -0.2) is 0 Å². The van der Waals surface area contributed by atoms with Crippen LogP contribution in [0.25, 0.3) is 0 Å². The first-order chi connectivity index (χ1) is 12.1. The molecule has 25 heavy (non-hydrogen) atoms. The van der Waals surface area contributed by atoms with E-state index in [1.807, 2.05) is 23.1 Å². The number of likely N-dealkylation sites (tertiary alicyclic amines) is 1. The first-order valence-electron chi connectivity index (χ1n) is 9.32. The number of benzene rings is 1. The van der Waals surface area contributed by atoms with Gasteiger partial charge in [0, 0.05) is 18.5 Å². The van der Waals surface area contributed by atoms with E-state index in [9.17, 15) is 9.59 Å². The number of amides is 2. The molecule has 1 N–H and O–H groups in total. The summed E-state index contributed by atoms with van der Waals surface area (Å²) in [6.45, 7) is 2.58. The van der Waals surface area contributed by atoms with E-state index < -0.39 is 6.04 Å². The zero-order chi connectivity index (χ0) is 17.8. The summed E-state index contributed by atoms with van der Waals surface area (Å²) in [5.74, 6) is 1.03. The van der Waals surface area contributed by atoms with Gasteiger partial charge in [0.2, 0.25) is 11.8 Å². The third-order valence-electron chi connectivity index (χ3n) is 5.47. The third-order valence-corrected chi connectivity index (χ3v) is 5.47. The molecule has 2 atom stereocenters. The summed E-state index contributed by atoms with van der Waals surface area (Å²) in [4.78, 5) is 26.9.